The molecular weight excluding hydrogens is 304 g/mol. The van der Waals surface area contributed by atoms with Crippen molar-refractivity contribution in [3.05, 3.63) is 29.8 Å². The van der Waals surface area contributed by atoms with E-state index in [1.807, 2.05) is 31.2 Å². The summed E-state index contributed by atoms with van der Waals surface area (Å²) in [6.07, 6.45) is 3.25. The zero-order chi connectivity index (χ0) is 17.4. The van der Waals surface area contributed by atoms with Crippen molar-refractivity contribution < 1.29 is 14.3 Å². The number of amides is 2. The molecule has 2 aliphatic rings. The lowest BCUT2D eigenvalue weighted by Crippen LogP contribution is -2.63. The number of piperidine rings is 1. The fourth-order valence-electron chi connectivity index (χ4n) is 3.80. The molecule has 0 radical (unpaired) electrons. The topological polar surface area (TPSA) is 58.6 Å². The number of nitrogens with one attached hydrogen (secondary N) is 1. The van der Waals surface area contributed by atoms with Crippen LogP contribution in [0.5, 0.6) is 5.75 Å². The first kappa shape index (κ1) is 16.8. The van der Waals surface area contributed by atoms with Crippen molar-refractivity contribution in [2.45, 2.75) is 57.6 Å². The quantitative estimate of drug-likeness (QED) is 0.926. The summed E-state index contributed by atoms with van der Waals surface area (Å²) in [6, 6.07) is 7.67. The van der Waals surface area contributed by atoms with E-state index >= 15 is 0 Å². The minimum absolute atomic E-state index is 0.00858. The van der Waals surface area contributed by atoms with Gasteiger partial charge in [0.05, 0.1) is 0 Å². The molecule has 0 aromatic heterocycles. The van der Waals surface area contributed by atoms with E-state index in [2.05, 4.69) is 5.32 Å². The summed E-state index contributed by atoms with van der Waals surface area (Å²) < 4.78 is 5.98. The first-order chi connectivity index (χ1) is 11.3. The Bertz CT molecular complexity index is 639. The molecule has 0 aliphatic carbocycles. The highest BCUT2D eigenvalue weighted by atomic mass is 16.5. The molecule has 0 bridgehead atoms. The molecular formula is C19H26N2O3. The lowest BCUT2D eigenvalue weighted by molar-refractivity contribution is -0.156. The maximum atomic E-state index is 13.2. The molecule has 2 fully saturated rings. The number of likely N-dealkylation sites (tertiary alicyclic amines) is 1. The van der Waals surface area contributed by atoms with Crippen molar-refractivity contribution in [1.82, 2.24) is 10.2 Å². The first-order valence-corrected chi connectivity index (χ1v) is 8.71. The average molecular weight is 330 g/mol. The minimum atomic E-state index is -1.01. The lowest BCUT2D eigenvalue weighted by Gasteiger charge is -2.42. The van der Waals surface area contributed by atoms with Crippen LogP contribution in [0.2, 0.25) is 0 Å². The van der Waals surface area contributed by atoms with Crippen LogP contribution >= 0.6 is 0 Å². The van der Waals surface area contributed by atoms with Crippen LogP contribution in [0.25, 0.3) is 0 Å². The Morgan fingerprint density at radius 2 is 1.88 bits per heavy atom. The predicted octanol–water partition coefficient (Wildman–Crippen LogP) is 2.42. The molecule has 1 aromatic rings. The number of hydrogen-bond acceptors (Lipinski definition) is 3. The van der Waals surface area contributed by atoms with E-state index in [1.165, 1.54) is 0 Å². The molecule has 5 heteroatoms. The summed E-state index contributed by atoms with van der Waals surface area (Å²) in [5, 5.41) is 2.93. The Morgan fingerprint density at radius 1 is 1.21 bits per heavy atom. The molecule has 1 atom stereocenters. The monoisotopic (exact) mass is 330 g/mol. The lowest BCUT2D eigenvalue weighted by atomic mass is 9.85. The Balaban J connectivity index is 1.81. The van der Waals surface area contributed by atoms with Crippen molar-refractivity contribution in [3.8, 4) is 5.75 Å². The molecule has 130 valence electrons. The second kappa shape index (κ2) is 6.11. The van der Waals surface area contributed by atoms with E-state index in [4.69, 9.17) is 4.74 Å². The van der Waals surface area contributed by atoms with Crippen molar-refractivity contribution >= 4 is 11.8 Å². The fourth-order valence-corrected chi connectivity index (χ4v) is 3.80. The summed E-state index contributed by atoms with van der Waals surface area (Å²) in [5.41, 5.74) is -0.544. The Morgan fingerprint density at radius 3 is 2.54 bits per heavy atom. The third-order valence-corrected chi connectivity index (χ3v) is 5.12. The van der Waals surface area contributed by atoms with Gasteiger partial charge < -0.3 is 15.0 Å². The van der Waals surface area contributed by atoms with Gasteiger partial charge in [-0.15, -0.1) is 0 Å². The molecule has 1 aromatic carbocycles. The second-order valence-corrected chi connectivity index (χ2v) is 7.38. The van der Waals surface area contributed by atoms with E-state index in [-0.39, 0.29) is 11.8 Å². The zero-order valence-electron chi connectivity index (χ0n) is 14.7. The Hall–Kier alpha value is -2.04. The van der Waals surface area contributed by atoms with Crippen LogP contribution < -0.4 is 10.1 Å². The number of carbonyl (C=O) groups excluding carboxylic acids is 2. The van der Waals surface area contributed by atoms with E-state index < -0.39 is 11.1 Å². The van der Waals surface area contributed by atoms with Gasteiger partial charge in [0.2, 0.25) is 5.91 Å². The van der Waals surface area contributed by atoms with E-state index in [9.17, 15) is 9.59 Å². The Kier molecular flexibility index (Phi) is 4.28. The molecule has 1 N–H and O–H groups in total. The molecule has 5 nitrogen and oxygen atoms in total. The van der Waals surface area contributed by atoms with Gasteiger partial charge in [-0.05, 0) is 58.6 Å². The molecule has 2 aliphatic heterocycles. The van der Waals surface area contributed by atoms with Gasteiger partial charge in [-0.25, -0.2) is 0 Å². The minimum Gasteiger partial charge on any atom is -0.478 e. The highest BCUT2D eigenvalue weighted by molar-refractivity contribution is 5.95. The third-order valence-electron chi connectivity index (χ3n) is 5.12. The summed E-state index contributed by atoms with van der Waals surface area (Å²) in [5.74, 6) is 0.545. The van der Waals surface area contributed by atoms with Gasteiger partial charge >= 0.3 is 0 Å². The molecule has 3 rings (SSSR count). The highest BCUT2D eigenvalue weighted by Crippen LogP contribution is 2.37. The van der Waals surface area contributed by atoms with E-state index in [1.54, 1.807) is 18.7 Å². The predicted molar refractivity (Wildman–Crippen MR) is 91.8 cm³/mol. The number of rotatable bonds is 3. The fraction of sp³-hybridized carbons (Fsp3) is 0.579. The first-order valence-electron chi connectivity index (χ1n) is 8.71. The average Bonchev–Trinajstić information content (AvgIpc) is 2.96. The van der Waals surface area contributed by atoms with Gasteiger partial charge in [0, 0.05) is 13.1 Å². The summed E-state index contributed by atoms with van der Waals surface area (Å²) in [6.45, 7) is 6.89. The molecule has 24 heavy (non-hydrogen) atoms. The largest absolute Gasteiger partial charge is 0.478 e. The van der Waals surface area contributed by atoms with Gasteiger partial charge in [-0.2, -0.15) is 0 Å². The molecule has 1 unspecified atom stereocenters. The second-order valence-electron chi connectivity index (χ2n) is 7.38. The standard InChI is InChI=1S/C19H26N2O3/c1-14-6-8-15(9-7-14)24-18(2,3)17(23)21-13-5-11-19(21)10-4-12-20-16(19)22/h6-9H,4-5,10-13H2,1-3H3,(H,20,22). The van der Waals surface area contributed by atoms with Crippen LogP contribution in [0.15, 0.2) is 24.3 Å². The Labute approximate surface area is 143 Å². The number of carbonyl (C=O) groups is 2. The number of ether oxygens (including phenoxy) is 1. The molecule has 1 spiro atoms. The maximum Gasteiger partial charge on any atom is 0.267 e. The van der Waals surface area contributed by atoms with Gasteiger partial charge in [0.25, 0.3) is 5.91 Å². The van der Waals surface area contributed by atoms with E-state index in [0.717, 1.165) is 31.2 Å². The van der Waals surface area contributed by atoms with Crippen LogP contribution in [0.3, 0.4) is 0 Å². The van der Waals surface area contributed by atoms with Crippen LogP contribution in [0.1, 0.15) is 45.1 Å². The van der Waals surface area contributed by atoms with Crippen LogP contribution in [-0.4, -0.2) is 40.9 Å². The summed E-state index contributed by atoms with van der Waals surface area (Å²) >= 11 is 0. The molecule has 0 saturated carbocycles. The SMILES string of the molecule is Cc1ccc(OC(C)(C)C(=O)N2CCCC23CCCNC3=O)cc1. The number of hydrogen-bond donors (Lipinski definition) is 1. The maximum absolute atomic E-state index is 13.2. The summed E-state index contributed by atoms with van der Waals surface area (Å²) in [7, 11) is 0. The van der Waals surface area contributed by atoms with Crippen LogP contribution in [0.4, 0.5) is 0 Å². The molecule has 2 amide bonds. The zero-order valence-corrected chi connectivity index (χ0v) is 14.7. The van der Waals surface area contributed by atoms with Crippen molar-refractivity contribution in [2.75, 3.05) is 13.1 Å². The number of nitrogens with zero attached hydrogens (tertiary/aromatic N) is 1. The van der Waals surface area contributed by atoms with Crippen LogP contribution in [-0.2, 0) is 9.59 Å². The molecule has 2 saturated heterocycles. The van der Waals surface area contributed by atoms with Gasteiger partial charge in [0.15, 0.2) is 5.60 Å². The van der Waals surface area contributed by atoms with Crippen molar-refractivity contribution in [2.24, 2.45) is 0 Å². The number of aryl methyl sites for hydroxylation is 1. The van der Waals surface area contributed by atoms with Crippen LogP contribution in [0, 0.1) is 6.92 Å². The smallest absolute Gasteiger partial charge is 0.267 e. The normalized spacial score (nSPS) is 24.1. The highest BCUT2D eigenvalue weighted by Gasteiger charge is 2.53. The molecule has 2 heterocycles. The van der Waals surface area contributed by atoms with Gasteiger partial charge in [-0.1, -0.05) is 17.7 Å². The number of benzene rings is 1. The van der Waals surface area contributed by atoms with E-state index in [0.29, 0.717) is 18.8 Å². The van der Waals surface area contributed by atoms with Crippen molar-refractivity contribution in [3.63, 3.8) is 0 Å². The summed E-state index contributed by atoms with van der Waals surface area (Å²) in [4.78, 5) is 27.4. The van der Waals surface area contributed by atoms with Crippen molar-refractivity contribution in [1.29, 1.82) is 0 Å². The van der Waals surface area contributed by atoms with Gasteiger partial charge in [-0.3, -0.25) is 9.59 Å². The van der Waals surface area contributed by atoms with Gasteiger partial charge in [0.1, 0.15) is 11.3 Å². The third kappa shape index (κ3) is 2.87.